The van der Waals surface area contributed by atoms with E-state index in [0.717, 1.165) is 0 Å². The number of ether oxygens (including phenoxy) is 1. The summed E-state index contributed by atoms with van der Waals surface area (Å²) in [7, 11) is 1.38. The molecule has 1 N–H and O–H groups in total. The van der Waals surface area contributed by atoms with Crippen LogP contribution in [0.4, 0.5) is 0 Å². The summed E-state index contributed by atoms with van der Waals surface area (Å²) in [4.78, 5) is 0. The van der Waals surface area contributed by atoms with Gasteiger partial charge in [-0.15, -0.1) is 0 Å². The average Bonchev–Trinajstić information content (AvgIpc) is 2.08. The van der Waals surface area contributed by atoms with Crippen LogP contribution in [0, 0.1) is 0 Å². The molecule has 13 heavy (non-hydrogen) atoms. The minimum atomic E-state index is -1.84. The van der Waals surface area contributed by atoms with Gasteiger partial charge in [-0.3, -0.25) is 0 Å². The van der Waals surface area contributed by atoms with Gasteiger partial charge in [0.1, 0.15) is 6.10 Å². The van der Waals surface area contributed by atoms with Gasteiger partial charge in [0, 0.05) is 7.11 Å². The minimum absolute atomic E-state index is 0.0362. The summed E-state index contributed by atoms with van der Waals surface area (Å²) in [6, 6.07) is 0. The first kappa shape index (κ1) is 11.6. The fourth-order valence-electron chi connectivity index (χ4n) is 0.924. The molecule has 0 heterocycles. The fourth-order valence-corrected chi connectivity index (χ4v) is 1.89. The van der Waals surface area contributed by atoms with E-state index in [1.54, 1.807) is 0 Å². The van der Waals surface area contributed by atoms with E-state index >= 15 is 0 Å². The zero-order valence-corrected chi connectivity index (χ0v) is 9.55. The Bertz CT molecular complexity index is 282. The molecule has 0 bridgehead atoms. The van der Waals surface area contributed by atoms with Crippen molar-refractivity contribution in [1.82, 2.24) is 0 Å². The Morgan fingerprint density at radius 1 is 1.46 bits per heavy atom. The molecule has 0 aromatic heterocycles. The molecule has 1 aliphatic carbocycles. The molecule has 0 saturated heterocycles. The largest absolute Gasteiger partial charge is 0.373 e. The van der Waals surface area contributed by atoms with Gasteiger partial charge >= 0.3 is 0 Å². The van der Waals surface area contributed by atoms with E-state index in [1.807, 2.05) is 0 Å². The molecule has 0 aromatic rings. The second kappa shape index (κ2) is 3.97. The molecule has 0 aromatic carbocycles. The molecule has 0 radical (unpaired) electrons. The summed E-state index contributed by atoms with van der Waals surface area (Å²) >= 11 is 22.8. The van der Waals surface area contributed by atoms with Crippen molar-refractivity contribution in [2.45, 2.75) is 11.2 Å². The van der Waals surface area contributed by atoms with Crippen molar-refractivity contribution >= 4 is 46.4 Å². The molecule has 1 aliphatic rings. The highest BCUT2D eigenvalue weighted by Crippen LogP contribution is 2.42. The number of halogens is 4. The van der Waals surface area contributed by atoms with Crippen LogP contribution in [-0.4, -0.2) is 23.4 Å². The van der Waals surface area contributed by atoms with E-state index in [1.165, 1.54) is 13.2 Å². The zero-order chi connectivity index (χ0) is 10.2. The van der Waals surface area contributed by atoms with E-state index in [-0.39, 0.29) is 15.1 Å². The van der Waals surface area contributed by atoms with Crippen LogP contribution >= 0.6 is 46.4 Å². The summed E-state index contributed by atoms with van der Waals surface area (Å²) in [6.07, 6.45) is 0.583. The van der Waals surface area contributed by atoms with Crippen LogP contribution in [-0.2, 0) is 4.74 Å². The molecule has 74 valence electrons. The van der Waals surface area contributed by atoms with E-state index in [4.69, 9.17) is 51.1 Å². The van der Waals surface area contributed by atoms with Gasteiger partial charge in [0.2, 0.25) is 5.06 Å². The smallest absolute Gasteiger partial charge is 0.206 e. The highest BCUT2D eigenvalue weighted by Gasteiger charge is 2.42. The average molecular weight is 264 g/mol. The molecular weight excluding hydrogens is 258 g/mol. The molecule has 0 fully saturated rings. The van der Waals surface area contributed by atoms with Crippen molar-refractivity contribution in [3.8, 4) is 0 Å². The second-order valence-corrected chi connectivity index (χ2v) is 4.21. The third kappa shape index (κ3) is 1.99. The van der Waals surface area contributed by atoms with Gasteiger partial charge in [-0.25, -0.2) is 0 Å². The van der Waals surface area contributed by atoms with Crippen LogP contribution in [0.3, 0.4) is 0 Å². The molecule has 2 atom stereocenters. The molecule has 2 nitrogen and oxygen atoms in total. The maximum absolute atomic E-state index is 9.65. The predicted octanol–water partition coefficient (Wildman–Crippen LogP) is 2.75. The van der Waals surface area contributed by atoms with Gasteiger partial charge in [0.15, 0.2) is 0 Å². The van der Waals surface area contributed by atoms with Crippen LogP contribution in [0.5, 0.6) is 0 Å². The van der Waals surface area contributed by atoms with Gasteiger partial charge in [-0.1, -0.05) is 46.4 Å². The van der Waals surface area contributed by atoms with E-state index < -0.39 is 11.2 Å². The number of hydrogen-bond acceptors (Lipinski definition) is 2. The van der Waals surface area contributed by atoms with Gasteiger partial charge in [-0.2, -0.15) is 0 Å². The van der Waals surface area contributed by atoms with Gasteiger partial charge in [-0.05, 0) is 6.08 Å². The molecular formula is C7H6Cl4O2. The maximum Gasteiger partial charge on any atom is 0.206 e. The number of methoxy groups -OCH3 is 1. The molecule has 0 saturated carbocycles. The third-order valence-corrected chi connectivity index (χ3v) is 3.52. The van der Waals surface area contributed by atoms with Gasteiger partial charge < -0.3 is 9.84 Å². The van der Waals surface area contributed by atoms with Crippen LogP contribution in [0.1, 0.15) is 0 Å². The summed E-state index contributed by atoms with van der Waals surface area (Å²) in [5, 5.41) is 7.93. The van der Waals surface area contributed by atoms with Crippen molar-refractivity contribution in [3.05, 3.63) is 21.2 Å². The SMILES string of the molecule is COC1C=C(Cl)C(Cl)=C(Cl)C1(O)Cl. The first-order valence-electron chi connectivity index (χ1n) is 3.28. The Morgan fingerprint density at radius 3 is 2.46 bits per heavy atom. The maximum atomic E-state index is 9.65. The first-order chi connectivity index (χ1) is 5.91. The zero-order valence-electron chi connectivity index (χ0n) is 6.52. The van der Waals surface area contributed by atoms with Crippen LogP contribution in [0.25, 0.3) is 0 Å². The lowest BCUT2D eigenvalue weighted by molar-refractivity contribution is 0.0124. The van der Waals surface area contributed by atoms with E-state index in [0.29, 0.717) is 0 Å². The number of alkyl halides is 1. The van der Waals surface area contributed by atoms with Gasteiger partial charge in [0.25, 0.3) is 0 Å². The van der Waals surface area contributed by atoms with Crippen molar-refractivity contribution in [1.29, 1.82) is 0 Å². The van der Waals surface area contributed by atoms with Crippen LogP contribution in [0.2, 0.25) is 0 Å². The highest BCUT2D eigenvalue weighted by atomic mass is 35.5. The van der Waals surface area contributed by atoms with Crippen LogP contribution in [0.15, 0.2) is 21.2 Å². The van der Waals surface area contributed by atoms with Crippen molar-refractivity contribution in [2.75, 3.05) is 7.11 Å². The number of aliphatic hydroxyl groups is 1. The summed E-state index contributed by atoms with van der Waals surface area (Å²) < 4.78 is 4.88. The Balaban J connectivity index is 3.15. The van der Waals surface area contributed by atoms with Gasteiger partial charge in [0.05, 0.1) is 15.1 Å². The monoisotopic (exact) mass is 262 g/mol. The lowest BCUT2D eigenvalue weighted by atomic mass is 10.1. The predicted molar refractivity (Wildman–Crippen MR) is 54.3 cm³/mol. The Morgan fingerprint density at radius 2 is 2.00 bits per heavy atom. The Hall–Kier alpha value is 0.560. The first-order valence-corrected chi connectivity index (χ1v) is 4.80. The van der Waals surface area contributed by atoms with Crippen molar-refractivity contribution < 1.29 is 9.84 Å². The quantitative estimate of drug-likeness (QED) is 0.738. The Kier molecular flexibility index (Phi) is 3.55. The topological polar surface area (TPSA) is 29.5 Å². The lowest BCUT2D eigenvalue weighted by Gasteiger charge is -2.30. The molecule has 6 heteroatoms. The summed E-state index contributed by atoms with van der Waals surface area (Å²) in [6.45, 7) is 0. The molecule has 0 amide bonds. The highest BCUT2D eigenvalue weighted by molar-refractivity contribution is 6.50. The normalized spacial score (nSPS) is 34.9. The molecule has 0 spiro atoms. The summed E-state index contributed by atoms with van der Waals surface area (Å²) in [5.74, 6) is 0. The Labute approximate surface area is 95.7 Å². The molecule has 0 aliphatic heterocycles. The second-order valence-electron chi connectivity index (χ2n) is 2.47. The fraction of sp³-hybridized carbons (Fsp3) is 0.429. The van der Waals surface area contributed by atoms with Crippen LogP contribution < -0.4 is 0 Å². The minimum Gasteiger partial charge on any atom is -0.373 e. The van der Waals surface area contributed by atoms with Crippen molar-refractivity contribution in [3.63, 3.8) is 0 Å². The number of hydrogen-bond donors (Lipinski definition) is 1. The van der Waals surface area contributed by atoms with E-state index in [9.17, 15) is 5.11 Å². The number of allylic oxidation sites excluding steroid dienone is 2. The standard InChI is InChI=1S/C7H6Cl4O2/c1-13-4-2-3(8)5(9)6(10)7(4,11)12/h2,4,12H,1H3. The molecule has 2 unspecified atom stereocenters. The number of rotatable bonds is 1. The lowest BCUT2D eigenvalue weighted by Crippen LogP contribution is -2.39. The molecule has 1 rings (SSSR count). The van der Waals surface area contributed by atoms with E-state index in [2.05, 4.69) is 0 Å². The third-order valence-electron chi connectivity index (χ3n) is 1.64. The summed E-state index contributed by atoms with van der Waals surface area (Å²) in [5.41, 5.74) is 0. The van der Waals surface area contributed by atoms with Crippen molar-refractivity contribution in [2.24, 2.45) is 0 Å².